The number of halogens is 2. The lowest BCUT2D eigenvalue weighted by atomic mass is 10.0. The van der Waals surface area contributed by atoms with Gasteiger partial charge in [0.25, 0.3) is 5.91 Å². The van der Waals surface area contributed by atoms with E-state index < -0.39 is 6.04 Å². The number of rotatable bonds is 11. The number of ether oxygens (including phenoxy) is 1. The number of nitrogens with one attached hydrogen (secondary N) is 1. The highest BCUT2D eigenvalue weighted by Crippen LogP contribution is 2.24. The van der Waals surface area contributed by atoms with Crippen LogP contribution in [0.15, 0.2) is 83.3 Å². The molecule has 2 atom stereocenters. The Bertz CT molecular complexity index is 1130. The Balaban J connectivity index is 1.92. The normalized spacial score (nSPS) is 12.5. The van der Waals surface area contributed by atoms with Gasteiger partial charge in [-0.25, -0.2) is 0 Å². The number of para-hydroxylation sites is 1. The van der Waals surface area contributed by atoms with Crippen molar-refractivity contribution in [1.29, 1.82) is 0 Å². The van der Waals surface area contributed by atoms with E-state index in [9.17, 15) is 9.59 Å². The molecule has 2 amide bonds. The standard InChI is InChI=1S/C28H30BrClN2O3/c1-3-20(2)31-28(34)25(17-21-10-5-4-6-11-21)32(18-22-12-9-13-23(29)16-22)27(33)19-35-26-15-8-7-14-24(26)30/h4-16,20,25H,3,17-19H2,1-2H3,(H,31,34)/t20-,25+/m0/s1. The monoisotopic (exact) mass is 556 g/mol. The van der Waals surface area contributed by atoms with Gasteiger partial charge in [0.15, 0.2) is 6.61 Å². The first kappa shape index (κ1) is 26.8. The highest BCUT2D eigenvalue weighted by Gasteiger charge is 2.31. The Kier molecular flexibility index (Phi) is 10.2. The average Bonchev–Trinajstić information content (AvgIpc) is 2.86. The molecule has 35 heavy (non-hydrogen) atoms. The third-order valence-electron chi connectivity index (χ3n) is 5.70. The number of amides is 2. The highest BCUT2D eigenvalue weighted by molar-refractivity contribution is 9.10. The average molecular weight is 558 g/mol. The molecule has 0 fully saturated rings. The SMILES string of the molecule is CC[C@H](C)NC(=O)[C@@H](Cc1ccccc1)N(Cc1cccc(Br)c1)C(=O)COc1ccccc1Cl. The van der Waals surface area contributed by atoms with Crippen LogP contribution in [0.5, 0.6) is 5.75 Å². The van der Waals surface area contributed by atoms with E-state index in [4.69, 9.17) is 16.3 Å². The Labute approximate surface area is 220 Å². The lowest BCUT2D eigenvalue weighted by Crippen LogP contribution is -2.53. The molecule has 0 aliphatic carbocycles. The molecular formula is C28H30BrClN2O3. The molecule has 0 saturated heterocycles. The zero-order chi connectivity index (χ0) is 25.2. The maximum Gasteiger partial charge on any atom is 0.261 e. The summed E-state index contributed by atoms with van der Waals surface area (Å²) in [6.07, 6.45) is 1.17. The number of hydrogen-bond donors (Lipinski definition) is 1. The Morgan fingerprint density at radius 2 is 1.69 bits per heavy atom. The number of hydrogen-bond acceptors (Lipinski definition) is 3. The van der Waals surface area contributed by atoms with E-state index in [1.807, 2.05) is 68.4 Å². The minimum atomic E-state index is -0.715. The minimum absolute atomic E-state index is 0.0111. The van der Waals surface area contributed by atoms with Crippen LogP contribution in [0.2, 0.25) is 5.02 Å². The molecule has 0 heterocycles. The van der Waals surface area contributed by atoms with Crippen molar-refractivity contribution in [2.45, 2.75) is 45.3 Å². The fourth-order valence-electron chi connectivity index (χ4n) is 3.61. The summed E-state index contributed by atoms with van der Waals surface area (Å²) < 4.78 is 6.66. The fourth-order valence-corrected chi connectivity index (χ4v) is 4.25. The minimum Gasteiger partial charge on any atom is -0.482 e. The largest absolute Gasteiger partial charge is 0.482 e. The maximum atomic E-state index is 13.6. The fraction of sp³-hybridized carbons (Fsp3) is 0.286. The van der Waals surface area contributed by atoms with Gasteiger partial charge in [-0.15, -0.1) is 0 Å². The zero-order valence-electron chi connectivity index (χ0n) is 19.9. The van der Waals surface area contributed by atoms with Gasteiger partial charge in [-0.2, -0.15) is 0 Å². The van der Waals surface area contributed by atoms with Gasteiger partial charge >= 0.3 is 0 Å². The van der Waals surface area contributed by atoms with Crippen molar-refractivity contribution >= 4 is 39.3 Å². The Hall–Kier alpha value is -2.83. The molecule has 0 radical (unpaired) electrons. The quantitative estimate of drug-likeness (QED) is 0.313. The van der Waals surface area contributed by atoms with Gasteiger partial charge in [0.2, 0.25) is 5.91 Å². The van der Waals surface area contributed by atoms with Crippen molar-refractivity contribution in [3.05, 3.63) is 99.5 Å². The van der Waals surface area contributed by atoms with Crippen LogP contribution in [0.4, 0.5) is 0 Å². The maximum absolute atomic E-state index is 13.6. The molecule has 184 valence electrons. The molecule has 3 aromatic carbocycles. The van der Waals surface area contributed by atoms with Crippen LogP contribution in [0.1, 0.15) is 31.4 Å². The van der Waals surface area contributed by atoms with Gasteiger partial charge in [-0.3, -0.25) is 9.59 Å². The predicted octanol–water partition coefficient (Wildman–Crippen LogP) is 6.04. The third kappa shape index (κ3) is 8.11. The Morgan fingerprint density at radius 3 is 2.37 bits per heavy atom. The number of carbonyl (C=O) groups excluding carboxylic acids is 2. The summed E-state index contributed by atoms with van der Waals surface area (Å²) in [4.78, 5) is 28.6. The first-order valence-corrected chi connectivity index (χ1v) is 12.8. The summed E-state index contributed by atoms with van der Waals surface area (Å²) in [6.45, 7) is 3.99. The zero-order valence-corrected chi connectivity index (χ0v) is 22.3. The number of nitrogens with zero attached hydrogens (tertiary/aromatic N) is 1. The van der Waals surface area contributed by atoms with E-state index in [-0.39, 0.29) is 31.0 Å². The van der Waals surface area contributed by atoms with Gasteiger partial charge in [-0.1, -0.05) is 89.1 Å². The van der Waals surface area contributed by atoms with Crippen LogP contribution >= 0.6 is 27.5 Å². The summed E-state index contributed by atoms with van der Waals surface area (Å²) in [5.41, 5.74) is 1.87. The van der Waals surface area contributed by atoms with Gasteiger partial charge in [-0.05, 0) is 48.7 Å². The van der Waals surface area contributed by atoms with Gasteiger partial charge in [0.1, 0.15) is 11.8 Å². The van der Waals surface area contributed by atoms with Crippen LogP contribution in [0, 0.1) is 0 Å². The van der Waals surface area contributed by atoms with Crippen molar-refractivity contribution in [3.8, 4) is 5.75 Å². The second kappa shape index (κ2) is 13.3. The second-order valence-corrected chi connectivity index (χ2v) is 9.72. The van der Waals surface area contributed by atoms with Gasteiger partial charge < -0.3 is 15.0 Å². The first-order valence-electron chi connectivity index (χ1n) is 11.6. The lowest BCUT2D eigenvalue weighted by molar-refractivity contribution is -0.143. The smallest absolute Gasteiger partial charge is 0.261 e. The molecule has 0 aromatic heterocycles. The molecule has 3 rings (SSSR count). The van der Waals surface area contributed by atoms with E-state index in [0.717, 1.165) is 22.0 Å². The number of benzene rings is 3. The molecule has 3 aromatic rings. The van der Waals surface area contributed by atoms with E-state index in [1.165, 1.54) is 0 Å². The molecule has 0 aliphatic heterocycles. The molecule has 1 N–H and O–H groups in total. The summed E-state index contributed by atoms with van der Waals surface area (Å²) in [6, 6.07) is 23.7. The van der Waals surface area contributed by atoms with Crippen LogP contribution in [0.3, 0.4) is 0 Å². The van der Waals surface area contributed by atoms with Crippen LogP contribution in [-0.2, 0) is 22.6 Å². The van der Waals surface area contributed by atoms with Crippen LogP contribution < -0.4 is 10.1 Å². The predicted molar refractivity (Wildman–Crippen MR) is 143 cm³/mol. The van der Waals surface area contributed by atoms with Crippen molar-refractivity contribution < 1.29 is 14.3 Å². The molecule has 0 aliphatic rings. The van der Waals surface area contributed by atoms with E-state index >= 15 is 0 Å². The van der Waals surface area contributed by atoms with E-state index in [0.29, 0.717) is 17.2 Å². The van der Waals surface area contributed by atoms with Crippen molar-refractivity contribution in [2.75, 3.05) is 6.61 Å². The summed E-state index contributed by atoms with van der Waals surface area (Å²) in [7, 11) is 0. The van der Waals surface area contributed by atoms with Crippen molar-refractivity contribution in [2.24, 2.45) is 0 Å². The summed E-state index contributed by atoms with van der Waals surface area (Å²) in [5.74, 6) is -0.0667. The lowest BCUT2D eigenvalue weighted by Gasteiger charge is -2.32. The van der Waals surface area contributed by atoms with E-state index in [1.54, 1.807) is 29.2 Å². The van der Waals surface area contributed by atoms with Gasteiger partial charge in [0, 0.05) is 23.5 Å². The van der Waals surface area contributed by atoms with E-state index in [2.05, 4.69) is 21.2 Å². The van der Waals surface area contributed by atoms with Crippen molar-refractivity contribution in [1.82, 2.24) is 10.2 Å². The van der Waals surface area contributed by atoms with Crippen LogP contribution in [0.25, 0.3) is 0 Å². The molecular weight excluding hydrogens is 528 g/mol. The molecule has 7 heteroatoms. The first-order chi connectivity index (χ1) is 16.9. The van der Waals surface area contributed by atoms with Gasteiger partial charge in [0.05, 0.1) is 5.02 Å². The molecule has 0 saturated carbocycles. The van der Waals surface area contributed by atoms with Crippen molar-refractivity contribution in [3.63, 3.8) is 0 Å². The topological polar surface area (TPSA) is 58.6 Å². The number of carbonyl (C=O) groups is 2. The molecule has 5 nitrogen and oxygen atoms in total. The summed E-state index contributed by atoms with van der Waals surface area (Å²) >= 11 is 9.71. The molecule has 0 bridgehead atoms. The molecule has 0 unspecified atom stereocenters. The Morgan fingerprint density at radius 1 is 1.00 bits per heavy atom. The third-order valence-corrected chi connectivity index (χ3v) is 6.51. The second-order valence-electron chi connectivity index (χ2n) is 8.39. The molecule has 0 spiro atoms. The highest BCUT2D eigenvalue weighted by atomic mass is 79.9. The van der Waals surface area contributed by atoms with Crippen LogP contribution in [-0.4, -0.2) is 35.4 Å². The summed E-state index contributed by atoms with van der Waals surface area (Å²) in [5, 5.41) is 3.49.